The summed E-state index contributed by atoms with van der Waals surface area (Å²) in [6.45, 7) is 6.46. The molecule has 0 aromatic carbocycles. The molecule has 6 nitrogen and oxygen atoms in total. The van der Waals surface area contributed by atoms with E-state index >= 15 is 0 Å². The van der Waals surface area contributed by atoms with Gasteiger partial charge in [-0.2, -0.15) is 0 Å². The minimum Gasteiger partial charge on any atom is -0.462 e. The van der Waals surface area contributed by atoms with Crippen molar-refractivity contribution in [3.05, 3.63) is 0 Å². The standard InChI is InChI=1S/C48H95NO5/c1-4-7-10-13-16-19-20-21-22-23-24-25-26-27-29-32-35-38-41-48(53)54-44(39-36-33-30-18-15-12-9-6-3)42-47(52)49-45(43-50)46(51)40-37-34-31-28-17-14-11-8-5-2/h44-46,50-51H,4-43H2,1-3H3,(H,49,52). The first kappa shape index (κ1) is 52.9. The zero-order valence-electron chi connectivity index (χ0n) is 36.6. The molecule has 0 radical (unpaired) electrons. The SMILES string of the molecule is CCCCCCCCCCCCCCCCCCCCC(=O)OC(CCCCCCCCCC)CC(=O)NC(CO)C(O)CCCCCCCCCCC. The topological polar surface area (TPSA) is 95.9 Å². The summed E-state index contributed by atoms with van der Waals surface area (Å²) < 4.78 is 5.90. The maximum absolute atomic E-state index is 13.1. The quantitative estimate of drug-likeness (QED) is 0.0424. The van der Waals surface area contributed by atoms with Gasteiger partial charge in [0.05, 0.1) is 25.2 Å². The molecular formula is C48H95NO5. The molecule has 0 aromatic rings. The molecule has 54 heavy (non-hydrogen) atoms. The Bertz CT molecular complexity index is 776. The van der Waals surface area contributed by atoms with Crippen molar-refractivity contribution in [2.24, 2.45) is 0 Å². The minimum atomic E-state index is -0.776. The molecule has 6 heteroatoms. The molecule has 322 valence electrons. The van der Waals surface area contributed by atoms with Crippen LogP contribution in [-0.2, 0) is 14.3 Å². The highest BCUT2D eigenvalue weighted by molar-refractivity contribution is 5.77. The van der Waals surface area contributed by atoms with Gasteiger partial charge >= 0.3 is 5.97 Å². The van der Waals surface area contributed by atoms with Gasteiger partial charge in [0.25, 0.3) is 0 Å². The van der Waals surface area contributed by atoms with Crippen LogP contribution < -0.4 is 5.32 Å². The number of rotatable bonds is 44. The van der Waals surface area contributed by atoms with Gasteiger partial charge in [-0.1, -0.05) is 233 Å². The Morgan fingerprint density at radius 3 is 1.13 bits per heavy atom. The maximum atomic E-state index is 13.1. The van der Waals surface area contributed by atoms with Gasteiger partial charge in [0.15, 0.2) is 0 Å². The van der Waals surface area contributed by atoms with Crippen molar-refractivity contribution in [1.29, 1.82) is 0 Å². The fourth-order valence-corrected chi connectivity index (χ4v) is 7.73. The van der Waals surface area contributed by atoms with E-state index in [4.69, 9.17) is 4.74 Å². The van der Waals surface area contributed by atoms with Gasteiger partial charge in [0.2, 0.25) is 5.91 Å². The predicted molar refractivity (Wildman–Crippen MR) is 232 cm³/mol. The van der Waals surface area contributed by atoms with Crippen molar-refractivity contribution in [3.63, 3.8) is 0 Å². The summed E-state index contributed by atoms with van der Waals surface area (Å²) in [5.41, 5.74) is 0. The third-order valence-electron chi connectivity index (χ3n) is 11.4. The lowest BCUT2D eigenvalue weighted by Gasteiger charge is -2.24. The summed E-state index contributed by atoms with van der Waals surface area (Å²) in [7, 11) is 0. The monoisotopic (exact) mass is 766 g/mol. The van der Waals surface area contributed by atoms with Gasteiger partial charge in [-0.15, -0.1) is 0 Å². The Balaban J connectivity index is 4.34. The van der Waals surface area contributed by atoms with Crippen LogP contribution in [0.4, 0.5) is 0 Å². The first-order valence-corrected chi connectivity index (χ1v) is 24.3. The first-order chi connectivity index (χ1) is 26.5. The van der Waals surface area contributed by atoms with Gasteiger partial charge < -0.3 is 20.3 Å². The zero-order valence-corrected chi connectivity index (χ0v) is 36.6. The van der Waals surface area contributed by atoms with Gasteiger partial charge in [0, 0.05) is 6.42 Å². The molecule has 0 aliphatic carbocycles. The Labute approximate surface area is 336 Å². The van der Waals surface area contributed by atoms with Gasteiger partial charge in [0.1, 0.15) is 6.10 Å². The van der Waals surface area contributed by atoms with Crippen molar-refractivity contribution in [2.45, 2.75) is 289 Å². The molecule has 1 amide bonds. The van der Waals surface area contributed by atoms with Crippen LogP contribution in [0.3, 0.4) is 0 Å². The largest absolute Gasteiger partial charge is 0.462 e. The summed E-state index contributed by atoms with van der Waals surface area (Å²) in [6, 6.07) is -0.689. The van der Waals surface area contributed by atoms with Gasteiger partial charge in [-0.3, -0.25) is 9.59 Å². The number of amides is 1. The van der Waals surface area contributed by atoms with Crippen LogP contribution in [0.1, 0.15) is 271 Å². The molecule has 0 heterocycles. The molecule has 3 N–H and O–H groups in total. The van der Waals surface area contributed by atoms with E-state index in [0.29, 0.717) is 19.3 Å². The van der Waals surface area contributed by atoms with Crippen LogP contribution in [0.15, 0.2) is 0 Å². The Kier molecular flexibility index (Phi) is 42.1. The zero-order chi connectivity index (χ0) is 39.6. The van der Waals surface area contributed by atoms with Crippen LogP contribution in [0, 0.1) is 0 Å². The number of carbonyl (C=O) groups excluding carboxylic acids is 2. The number of esters is 1. The lowest BCUT2D eigenvalue weighted by Crippen LogP contribution is -2.46. The van der Waals surface area contributed by atoms with Crippen molar-refractivity contribution < 1.29 is 24.5 Å². The van der Waals surface area contributed by atoms with Crippen molar-refractivity contribution in [2.75, 3.05) is 6.61 Å². The molecule has 3 atom stereocenters. The number of hydrogen-bond acceptors (Lipinski definition) is 5. The third-order valence-corrected chi connectivity index (χ3v) is 11.4. The molecule has 0 aliphatic heterocycles. The molecule has 0 aliphatic rings. The molecular weight excluding hydrogens is 671 g/mol. The van der Waals surface area contributed by atoms with Crippen LogP contribution in [-0.4, -0.2) is 46.9 Å². The second-order valence-electron chi connectivity index (χ2n) is 16.9. The molecule has 0 rings (SSSR count). The molecule has 0 saturated heterocycles. The Hall–Kier alpha value is -1.14. The van der Waals surface area contributed by atoms with Gasteiger partial charge in [-0.05, 0) is 25.7 Å². The van der Waals surface area contributed by atoms with Crippen molar-refractivity contribution in [1.82, 2.24) is 5.32 Å². The summed E-state index contributed by atoms with van der Waals surface area (Å²) in [5, 5.41) is 23.6. The maximum Gasteiger partial charge on any atom is 0.306 e. The van der Waals surface area contributed by atoms with E-state index in [1.807, 2.05) is 0 Å². The number of aliphatic hydroxyl groups excluding tert-OH is 2. The lowest BCUT2D eigenvalue weighted by atomic mass is 10.0. The van der Waals surface area contributed by atoms with Gasteiger partial charge in [-0.25, -0.2) is 0 Å². The Morgan fingerprint density at radius 2 is 0.778 bits per heavy atom. The first-order valence-electron chi connectivity index (χ1n) is 24.3. The van der Waals surface area contributed by atoms with E-state index < -0.39 is 18.2 Å². The smallest absolute Gasteiger partial charge is 0.306 e. The number of ether oxygens (including phenoxy) is 1. The fraction of sp³-hybridized carbons (Fsp3) is 0.958. The molecule has 0 bridgehead atoms. The Morgan fingerprint density at radius 1 is 0.463 bits per heavy atom. The lowest BCUT2D eigenvalue weighted by molar-refractivity contribution is -0.151. The predicted octanol–water partition coefficient (Wildman–Crippen LogP) is 14.0. The fourth-order valence-electron chi connectivity index (χ4n) is 7.73. The summed E-state index contributed by atoms with van der Waals surface area (Å²) >= 11 is 0. The number of nitrogens with one attached hydrogen (secondary N) is 1. The van der Waals surface area contributed by atoms with Crippen LogP contribution >= 0.6 is 0 Å². The van der Waals surface area contributed by atoms with E-state index in [2.05, 4.69) is 26.1 Å². The van der Waals surface area contributed by atoms with Crippen molar-refractivity contribution >= 4 is 11.9 Å². The summed E-state index contributed by atoms with van der Waals surface area (Å²) in [5.74, 6) is -0.460. The number of hydrogen-bond donors (Lipinski definition) is 3. The summed E-state index contributed by atoms with van der Waals surface area (Å²) in [4.78, 5) is 25.9. The number of carbonyl (C=O) groups is 2. The van der Waals surface area contributed by atoms with E-state index in [9.17, 15) is 19.8 Å². The highest BCUT2D eigenvalue weighted by Crippen LogP contribution is 2.18. The average Bonchev–Trinajstić information content (AvgIpc) is 3.16. The highest BCUT2D eigenvalue weighted by Gasteiger charge is 2.24. The minimum absolute atomic E-state index is 0.0859. The normalized spacial score (nSPS) is 13.2. The molecule has 0 spiro atoms. The molecule has 0 saturated carbocycles. The van der Waals surface area contributed by atoms with E-state index in [1.165, 1.54) is 186 Å². The molecule has 0 fully saturated rings. The molecule has 3 unspecified atom stereocenters. The van der Waals surface area contributed by atoms with Crippen LogP contribution in [0.25, 0.3) is 0 Å². The average molecular weight is 766 g/mol. The number of aliphatic hydroxyl groups is 2. The van der Waals surface area contributed by atoms with Crippen LogP contribution in [0.5, 0.6) is 0 Å². The van der Waals surface area contributed by atoms with E-state index in [0.717, 1.165) is 38.5 Å². The van der Waals surface area contributed by atoms with E-state index in [-0.39, 0.29) is 24.9 Å². The van der Waals surface area contributed by atoms with Crippen molar-refractivity contribution in [3.8, 4) is 0 Å². The highest BCUT2D eigenvalue weighted by atomic mass is 16.5. The van der Waals surface area contributed by atoms with Crippen LogP contribution in [0.2, 0.25) is 0 Å². The summed E-state index contributed by atoms with van der Waals surface area (Å²) in [6.07, 6.45) is 44.6. The molecule has 0 aromatic heterocycles. The second kappa shape index (κ2) is 43.0. The van der Waals surface area contributed by atoms with E-state index in [1.54, 1.807) is 0 Å². The number of unbranched alkanes of at least 4 members (excludes halogenated alkanes) is 32. The third kappa shape index (κ3) is 37.8. The second-order valence-corrected chi connectivity index (χ2v) is 16.9.